The van der Waals surface area contributed by atoms with Crippen molar-refractivity contribution >= 4 is 22.6 Å². The second kappa shape index (κ2) is 9.00. The van der Waals surface area contributed by atoms with Gasteiger partial charge in [0.05, 0.1) is 35.0 Å². The minimum Gasteiger partial charge on any atom is -0.493 e. The van der Waals surface area contributed by atoms with Crippen molar-refractivity contribution in [3.63, 3.8) is 0 Å². The fourth-order valence-corrected chi connectivity index (χ4v) is 2.98. The summed E-state index contributed by atoms with van der Waals surface area (Å²) in [5, 5.41) is 0. The van der Waals surface area contributed by atoms with Crippen LogP contribution in [0.1, 0.15) is 27.6 Å². The quantitative estimate of drug-likeness (QED) is 0.751. The molecule has 0 radical (unpaired) electrons. The Labute approximate surface area is 154 Å². The number of rotatable bonds is 6. The Kier molecular flexibility index (Phi) is 6.74. The van der Waals surface area contributed by atoms with Crippen molar-refractivity contribution in [3.05, 3.63) is 53.6 Å². The molecule has 1 atom stereocenters. The molecule has 0 saturated heterocycles. The average Bonchev–Trinajstić information content (AvgIpc) is 2.66. The Bertz CT molecular complexity index is 838. The van der Waals surface area contributed by atoms with Crippen LogP contribution in [-0.4, -0.2) is 36.0 Å². The third kappa shape index (κ3) is 4.60. The Balaban J connectivity index is 2.09. The molecular formula is C18H20N2O5S. The molecule has 26 heavy (non-hydrogen) atoms. The molecule has 0 heterocycles. The Morgan fingerprint density at radius 1 is 1.04 bits per heavy atom. The van der Waals surface area contributed by atoms with Gasteiger partial charge >= 0.3 is 0 Å². The molecule has 7 nitrogen and oxygen atoms in total. The first kappa shape index (κ1) is 19.5. The Morgan fingerprint density at radius 2 is 1.73 bits per heavy atom. The number of carbonyl (C=O) groups excluding carboxylic acids is 2. The minimum absolute atomic E-state index is 0.234. The van der Waals surface area contributed by atoms with Gasteiger partial charge in [-0.3, -0.25) is 24.6 Å². The highest BCUT2D eigenvalue weighted by Crippen LogP contribution is 2.27. The fraction of sp³-hybridized carbons (Fsp3) is 0.222. The van der Waals surface area contributed by atoms with Crippen LogP contribution in [0.4, 0.5) is 0 Å². The number of hydrazine groups is 1. The molecule has 2 N–H and O–H groups in total. The van der Waals surface area contributed by atoms with E-state index in [4.69, 9.17) is 9.47 Å². The zero-order valence-corrected chi connectivity index (χ0v) is 15.5. The molecule has 0 aliphatic carbocycles. The van der Waals surface area contributed by atoms with Gasteiger partial charge in [-0.15, -0.1) is 0 Å². The highest BCUT2D eigenvalue weighted by atomic mass is 32.2. The van der Waals surface area contributed by atoms with E-state index in [0.29, 0.717) is 23.0 Å². The van der Waals surface area contributed by atoms with Gasteiger partial charge in [0.15, 0.2) is 11.5 Å². The maximum atomic E-state index is 12.3. The van der Waals surface area contributed by atoms with E-state index in [1.54, 1.807) is 30.3 Å². The topological polar surface area (TPSA) is 93.7 Å². The first-order chi connectivity index (χ1) is 12.5. The zero-order valence-electron chi connectivity index (χ0n) is 14.7. The van der Waals surface area contributed by atoms with Crippen LogP contribution in [0.3, 0.4) is 0 Å². The van der Waals surface area contributed by atoms with Crippen LogP contribution < -0.4 is 20.3 Å². The summed E-state index contributed by atoms with van der Waals surface area (Å²) in [6.07, 6.45) is 1.48. The van der Waals surface area contributed by atoms with E-state index in [1.165, 1.54) is 25.5 Å². The maximum absolute atomic E-state index is 12.3. The number of benzene rings is 2. The number of carbonyl (C=O) groups is 2. The number of ether oxygens (including phenoxy) is 2. The smallest absolute Gasteiger partial charge is 0.270 e. The SMILES string of the molecule is CCOc1ccc(C(=O)NNC(=O)c2ccccc2[S@](C)=O)cc1OC. The van der Waals surface area contributed by atoms with Crippen LogP contribution in [0.5, 0.6) is 11.5 Å². The first-order valence-corrected chi connectivity index (χ1v) is 9.37. The van der Waals surface area contributed by atoms with Crippen LogP contribution >= 0.6 is 0 Å². The van der Waals surface area contributed by atoms with Crippen LogP contribution in [0.15, 0.2) is 47.4 Å². The van der Waals surface area contributed by atoms with E-state index < -0.39 is 22.6 Å². The van der Waals surface area contributed by atoms with Gasteiger partial charge in [-0.05, 0) is 37.3 Å². The number of nitrogens with one attached hydrogen (secondary N) is 2. The molecule has 8 heteroatoms. The zero-order chi connectivity index (χ0) is 19.1. The van der Waals surface area contributed by atoms with Crippen LogP contribution in [0.2, 0.25) is 0 Å². The average molecular weight is 376 g/mol. The Hall–Kier alpha value is -2.87. The van der Waals surface area contributed by atoms with Crippen molar-refractivity contribution < 1.29 is 23.3 Å². The largest absolute Gasteiger partial charge is 0.493 e. The van der Waals surface area contributed by atoms with Gasteiger partial charge in [-0.1, -0.05) is 12.1 Å². The predicted molar refractivity (Wildman–Crippen MR) is 97.9 cm³/mol. The van der Waals surface area contributed by atoms with E-state index in [2.05, 4.69) is 10.9 Å². The lowest BCUT2D eigenvalue weighted by Crippen LogP contribution is -2.42. The molecule has 2 aromatic rings. The lowest BCUT2D eigenvalue weighted by Gasteiger charge is -2.12. The van der Waals surface area contributed by atoms with Crippen molar-refractivity contribution in [2.24, 2.45) is 0 Å². The summed E-state index contributed by atoms with van der Waals surface area (Å²) in [7, 11) is 0.151. The molecule has 2 amide bonds. The molecule has 0 spiro atoms. The lowest BCUT2D eigenvalue weighted by molar-refractivity contribution is 0.0845. The molecule has 2 aromatic carbocycles. The minimum atomic E-state index is -1.32. The monoisotopic (exact) mass is 376 g/mol. The first-order valence-electron chi connectivity index (χ1n) is 7.81. The summed E-state index contributed by atoms with van der Waals surface area (Å²) < 4.78 is 22.3. The molecule has 0 aliphatic rings. The third-order valence-electron chi connectivity index (χ3n) is 3.46. The van der Waals surface area contributed by atoms with Crippen molar-refractivity contribution in [2.45, 2.75) is 11.8 Å². The highest BCUT2D eigenvalue weighted by Gasteiger charge is 2.15. The van der Waals surface area contributed by atoms with Crippen LogP contribution in [-0.2, 0) is 10.8 Å². The van der Waals surface area contributed by atoms with Crippen molar-refractivity contribution in [1.29, 1.82) is 0 Å². The molecular weight excluding hydrogens is 356 g/mol. The van der Waals surface area contributed by atoms with E-state index in [1.807, 2.05) is 6.92 Å². The van der Waals surface area contributed by atoms with Gasteiger partial charge in [0.25, 0.3) is 11.8 Å². The summed E-state index contributed by atoms with van der Waals surface area (Å²) in [6, 6.07) is 11.2. The fourth-order valence-electron chi connectivity index (χ4n) is 2.24. The Morgan fingerprint density at radius 3 is 2.38 bits per heavy atom. The molecule has 0 unspecified atom stereocenters. The summed E-state index contributed by atoms with van der Waals surface area (Å²) in [6.45, 7) is 2.31. The molecule has 2 rings (SSSR count). The summed E-state index contributed by atoms with van der Waals surface area (Å²) >= 11 is 0. The molecule has 0 aromatic heterocycles. The normalized spacial score (nSPS) is 11.3. The molecule has 0 aliphatic heterocycles. The molecule has 0 saturated carbocycles. The standard InChI is InChI=1S/C18H20N2O5S/c1-4-25-14-10-9-12(11-15(14)24-2)17(21)19-20-18(22)13-7-5-6-8-16(13)26(3)23/h5-11H,4H2,1-3H3,(H,19,21)(H,20,22)/t26-/m0/s1. The lowest BCUT2D eigenvalue weighted by atomic mass is 10.2. The van der Waals surface area contributed by atoms with E-state index >= 15 is 0 Å². The van der Waals surface area contributed by atoms with Crippen molar-refractivity contribution in [1.82, 2.24) is 10.9 Å². The summed E-state index contributed by atoms with van der Waals surface area (Å²) in [4.78, 5) is 24.9. The maximum Gasteiger partial charge on any atom is 0.270 e. The second-order valence-electron chi connectivity index (χ2n) is 5.16. The van der Waals surface area contributed by atoms with Crippen LogP contribution in [0.25, 0.3) is 0 Å². The van der Waals surface area contributed by atoms with Crippen molar-refractivity contribution in [3.8, 4) is 11.5 Å². The van der Waals surface area contributed by atoms with Gasteiger partial charge in [0, 0.05) is 11.8 Å². The van der Waals surface area contributed by atoms with Crippen molar-refractivity contribution in [2.75, 3.05) is 20.0 Å². The number of hydrogen-bond acceptors (Lipinski definition) is 5. The van der Waals surface area contributed by atoms with Gasteiger partial charge < -0.3 is 9.47 Å². The highest BCUT2D eigenvalue weighted by molar-refractivity contribution is 7.84. The van der Waals surface area contributed by atoms with E-state index in [9.17, 15) is 13.8 Å². The molecule has 138 valence electrons. The van der Waals surface area contributed by atoms with Gasteiger partial charge in [0.2, 0.25) is 0 Å². The number of hydrogen-bond donors (Lipinski definition) is 2. The van der Waals surface area contributed by atoms with Crippen LogP contribution in [0, 0.1) is 0 Å². The molecule has 0 bridgehead atoms. The second-order valence-corrected chi connectivity index (χ2v) is 6.51. The van der Waals surface area contributed by atoms with Gasteiger partial charge in [-0.25, -0.2) is 0 Å². The number of methoxy groups -OCH3 is 1. The summed E-state index contributed by atoms with van der Waals surface area (Å²) in [5.74, 6) is -0.135. The van der Waals surface area contributed by atoms with E-state index in [0.717, 1.165) is 0 Å². The molecule has 0 fully saturated rings. The van der Waals surface area contributed by atoms with E-state index in [-0.39, 0.29) is 11.1 Å². The third-order valence-corrected chi connectivity index (χ3v) is 4.43. The van der Waals surface area contributed by atoms with Gasteiger partial charge in [0.1, 0.15) is 0 Å². The predicted octanol–water partition coefficient (Wildman–Crippen LogP) is 1.91. The number of amides is 2. The summed E-state index contributed by atoms with van der Waals surface area (Å²) in [5.41, 5.74) is 5.18. The van der Waals surface area contributed by atoms with Gasteiger partial charge in [-0.2, -0.15) is 0 Å².